The van der Waals surface area contributed by atoms with Gasteiger partial charge in [-0.05, 0) is 24.3 Å². The summed E-state index contributed by atoms with van der Waals surface area (Å²) in [6.07, 6.45) is 1.25. The summed E-state index contributed by atoms with van der Waals surface area (Å²) in [5.74, 6) is 0.315. The summed E-state index contributed by atoms with van der Waals surface area (Å²) in [5, 5.41) is 0. The summed E-state index contributed by atoms with van der Waals surface area (Å²) < 4.78 is 18.7. The van der Waals surface area contributed by atoms with Gasteiger partial charge < -0.3 is 4.74 Å². The topological polar surface area (TPSA) is 9.23 Å². The molecule has 1 nitrogen and oxygen atoms in total. The molecule has 0 bridgehead atoms. The van der Waals surface area contributed by atoms with Crippen LogP contribution in [0.15, 0.2) is 48.5 Å². The van der Waals surface area contributed by atoms with Crippen LogP contribution in [0.2, 0.25) is 0 Å². The van der Waals surface area contributed by atoms with Crippen molar-refractivity contribution in [2.24, 2.45) is 0 Å². The molecule has 0 atom stereocenters. The van der Waals surface area contributed by atoms with Crippen LogP contribution in [0.1, 0.15) is 20.3 Å². The molecule has 0 saturated carbocycles. The largest absolute Gasteiger partial charge is 0.454 e. The van der Waals surface area contributed by atoms with Crippen LogP contribution in [-0.2, 0) is 0 Å². The monoisotopic (exact) mass is 242 g/mol. The lowest BCUT2D eigenvalue weighted by Crippen LogP contribution is -2.02. The number of hydrogen-bond acceptors (Lipinski definition) is 1. The van der Waals surface area contributed by atoms with E-state index in [1.54, 1.807) is 18.2 Å². The minimum absolute atomic E-state index is 0.176. The highest BCUT2D eigenvalue weighted by Gasteiger charge is 2.03. The van der Waals surface area contributed by atoms with Gasteiger partial charge in [0, 0.05) is 0 Å². The Morgan fingerprint density at radius 3 is 2.22 bits per heavy atom. The standard InChI is InChI=1S/C12H8BFO.C3H8/c13-9-6-7-12(11(14)8-9)15-10-4-2-1-3-5-10;1-3-2/h1-8H;3H2,1-2H3. The molecule has 0 unspecified atom stereocenters. The molecular formula is C15H16BFO. The summed E-state index contributed by atoms with van der Waals surface area (Å²) >= 11 is 0. The Morgan fingerprint density at radius 1 is 1.06 bits per heavy atom. The van der Waals surface area contributed by atoms with Gasteiger partial charge in [-0.15, -0.1) is 0 Å². The van der Waals surface area contributed by atoms with E-state index in [9.17, 15) is 4.39 Å². The average Bonchev–Trinajstić information content (AvgIpc) is 2.35. The third-order valence-electron chi connectivity index (χ3n) is 1.93. The molecule has 2 radical (unpaired) electrons. The van der Waals surface area contributed by atoms with Crippen molar-refractivity contribution in [1.29, 1.82) is 0 Å². The first-order valence-corrected chi connectivity index (χ1v) is 5.95. The van der Waals surface area contributed by atoms with Crippen molar-refractivity contribution in [2.45, 2.75) is 20.3 Å². The van der Waals surface area contributed by atoms with Gasteiger partial charge in [-0.3, -0.25) is 0 Å². The van der Waals surface area contributed by atoms with Crippen LogP contribution in [0, 0.1) is 5.82 Å². The van der Waals surface area contributed by atoms with Crippen LogP contribution in [0.3, 0.4) is 0 Å². The molecule has 0 amide bonds. The van der Waals surface area contributed by atoms with Crippen LogP contribution >= 0.6 is 0 Å². The normalized spacial score (nSPS) is 9.28. The van der Waals surface area contributed by atoms with Crippen LogP contribution in [0.25, 0.3) is 0 Å². The molecule has 0 aliphatic rings. The minimum Gasteiger partial charge on any atom is -0.454 e. The van der Waals surface area contributed by atoms with Crippen molar-refractivity contribution in [1.82, 2.24) is 0 Å². The Bertz CT molecular complexity index is 471. The van der Waals surface area contributed by atoms with Crippen molar-refractivity contribution in [3.8, 4) is 11.5 Å². The quantitative estimate of drug-likeness (QED) is 0.727. The Hall–Kier alpha value is -1.77. The number of hydrogen-bond donors (Lipinski definition) is 0. The van der Waals surface area contributed by atoms with Gasteiger partial charge in [0.1, 0.15) is 13.6 Å². The summed E-state index contributed by atoms with van der Waals surface area (Å²) in [5.41, 5.74) is 0.382. The molecule has 0 saturated heterocycles. The first-order chi connectivity index (χ1) is 8.67. The number of rotatable bonds is 2. The molecule has 2 aromatic rings. The van der Waals surface area contributed by atoms with Gasteiger partial charge in [-0.2, -0.15) is 0 Å². The van der Waals surface area contributed by atoms with E-state index in [4.69, 9.17) is 12.6 Å². The van der Waals surface area contributed by atoms with Gasteiger partial charge >= 0.3 is 0 Å². The lowest BCUT2D eigenvalue weighted by molar-refractivity contribution is 0.443. The highest BCUT2D eigenvalue weighted by atomic mass is 19.1. The number of benzene rings is 2. The smallest absolute Gasteiger partial charge is 0.165 e. The van der Waals surface area contributed by atoms with Gasteiger partial charge in [-0.1, -0.05) is 50.0 Å². The highest BCUT2D eigenvalue weighted by molar-refractivity contribution is 6.32. The van der Waals surface area contributed by atoms with E-state index in [-0.39, 0.29) is 5.75 Å². The van der Waals surface area contributed by atoms with Crippen LogP contribution in [0.5, 0.6) is 11.5 Å². The van der Waals surface area contributed by atoms with Crippen LogP contribution in [-0.4, -0.2) is 7.85 Å². The maximum Gasteiger partial charge on any atom is 0.165 e. The van der Waals surface area contributed by atoms with Crippen molar-refractivity contribution < 1.29 is 9.13 Å². The van der Waals surface area contributed by atoms with Gasteiger partial charge in [0.05, 0.1) is 0 Å². The first kappa shape index (κ1) is 14.3. The van der Waals surface area contributed by atoms with E-state index < -0.39 is 5.82 Å². The molecule has 2 aromatic carbocycles. The molecule has 18 heavy (non-hydrogen) atoms. The summed E-state index contributed by atoms with van der Waals surface area (Å²) in [6, 6.07) is 13.4. The fraction of sp³-hybridized carbons (Fsp3) is 0.200. The molecule has 0 heterocycles. The number of halogens is 1. The molecule has 3 heteroatoms. The zero-order valence-electron chi connectivity index (χ0n) is 10.7. The molecule has 0 aromatic heterocycles. The summed E-state index contributed by atoms with van der Waals surface area (Å²) in [4.78, 5) is 0. The Labute approximate surface area is 109 Å². The van der Waals surface area contributed by atoms with E-state index in [0.717, 1.165) is 0 Å². The predicted molar refractivity (Wildman–Crippen MR) is 74.3 cm³/mol. The predicted octanol–water partition coefficient (Wildman–Crippen LogP) is 3.83. The van der Waals surface area contributed by atoms with E-state index in [0.29, 0.717) is 11.2 Å². The second kappa shape index (κ2) is 7.54. The SMILES string of the molecule is CCC.[B]c1ccc(Oc2ccccc2)c(F)c1. The third kappa shape index (κ3) is 4.62. The summed E-state index contributed by atoms with van der Waals surface area (Å²) in [6.45, 7) is 4.25. The third-order valence-corrected chi connectivity index (χ3v) is 1.93. The van der Waals surface area contributed by atoms with Gasteiger partial charge in [0.15, 0.2) is 11.6 Å². The molecular weight excluding hydrogens is 226 g/mol. The van der Waals surface area contributed by atoms with Crippen molar-refractivity contribution in [3.63, 3.8) is 0 Å². The van der Waals surface area contributed by atoms with E-state index in [1.165, 1.54) is 18.6 Å². The molecule has 0 N–H and O–H groups in total. The zero-order chi connectivity index (χ0) is 13.4. The first-order valence-electron chi connectivity index (χ1n) is 5.95. The fourth-order valence-corrected chi connectivity index (χ4v) is 1.22. The maximum atomic E-state index is 13.3. The summed E-state index contributed by atoms with van der Waals surface area (Å²) in [7, 11) is 5.43. The minimum atomic E-state index is -0.459. The van der Waals surface area contributed by atoms with E-state index >= 15 is 0 Å². The van der Waals surface area contributed by atoms with Gasteiger partial charge in [0.2, 0.25) is 0 Å². The van der Waals surface area contributed by atoms with Gasteiger partial charge in [-0.25, -0.2) is 4.39 Å². The zero-order valence-corrected chi connectivity index (χ0v) is 10.7. The average molecular weight is 242 g/mol. The Kier molecular flexibility index (Phi) is 5.99. The van der Waals surface area contributed by atoms with Gasteiger partial charge in [0.25, 0.3) is 0 Å². The van der Waals surface area contributed by atoms with Crippen LogP contribution in [0.4, 0.5) is 4.39 Å². The number of para-hydroxylation sites is 1. The maximum absolute atomic E-state index is 13.3. The fourth-order valence-electron chi connectivity index (χ4n) is 1.22. The van der Waals surface area contributed by atoms with Crippen molar-refractivity contribution in [2.75, 3.05) is 0 Å². The second-order valence-electron chi connectivity index (χ2n) is 3.81. The molecule has 0 fully saturated rings. The molecule has 0 aliphatic carbocycles. The molecule has 2 rings (SSSR count). The molecule has 92 valence electrons. The Morgan fingerprint density at radius 2 is 1.67 bits per heavy atom. The van der Waals surface area contributed by atoms with Crippen molar-refractivity contribution in [3.05, 3.63) is 54.3 Å². The van der Waals surface area contributed by atoms with Crippen LogP contribution < -0.4 is 10.2 Å². The second-order valence-corrected chi connectivity index (χ2v) is 3.81. The lowest BCUT2D eigenvalue weighted by atomic mass is 9.96. The lowest BCUT2D eigenvalue weighted by Gasteiger charge is -2.06. The highest BCUT2D eigenvalue weighted by Crippen LogP contribution is 2.22. The molecule has 0 spiro atoms. The van der Waals surface area contributed by atoms with Crippen molar-refractivity contribution >= 4 is 13.3 Å². The molecule has 0 aliphatic heterocycles. The number of ether oxygens (including phenoxy) is 1. The Balaban J connectivity index is 0.000000492. The van der Waals surface area contributed by atoms with E-state index in [1.807, 2.05) is 18.2 Å². The van der Waals surface area contributed by atoms with E-state index in [2.05, 4.69) is 13.8 Å².